The van der Waals surface area contributed by atoms with Gasteiger partial charge in [-0.25, -0.2) is 0 Å². The first kappa shape index (κ1) is 10.5. The van der Waals surface area contributed by atoms with E-state index < -0.39 is 0 Å². The number of carbonyl (C=O) groups excluding carboxylic acids is 1. The van der Waals surface area contributed by atoms with Gasteiger partial charge in [0.15, 0.2) is 0 Å². The summed E-state index contributed by atoms with van der Waals surface area (Å²) < 4.78 is 4.67. The molecule has 1 saturated carbocycles. The second kappa shape index (κ2) is 5.19. The molecule has 76 valence electrons. The summed E-state index contributed by atoms with van der Waals surface area (Å²) in [6.45, 7) is 0.673. The van der Waals surface area contributed by atoms with Crippen LogP contribution in [0.3, 0.4) is 0 Å². The van der Waals surface area contributed by atoms with Crippen molar-refractivity contribution in [2.45, 2.75) is 25.4 Å². The lowest BCUT2D eigenvalue weighted by molar-refractivity contribution is -0.125. The first-order valence-electron chi connectivity index (χ1n) is 4.67. The number of nitrogens with one attached hydrogen (secondary N) is 1. The fraction of sp³-hybridized carbons (Fsp3) is 0.889. The second-order valence-electron chi connectivity index (χ2n) is 3.50. The molecule has 1 rings (SSSR count). The number of hydrogen-bond donors (Lipinski definition) is 2. The van der Waals surface area contributed by atoms with Gasteiger partial charge >= 0.3 is 0 Å². The Labute approximate surface area is 78.3 Å². The normalized spacial score (nSPS) is 27.5. The molecule has 0 saturated heterocycles. The van der Waals surface area contributed by atoms with E-state index in [4.69, 9.17) is 0 Å². The third-order valence-corrected chi connectivity index (χ3v) is 2.46. The number of aliphatic hydroxyl groups is 1. The summed E-state index contributed by atoms with van der Waals surface area (Å²) in [5.74, 6) is 0.127. The van der Waals surface area contributed by atoms with Gasteiger partial charge in [-0.05, 0) is 12.8 Å². The number of hydrogen-bond acceptors (Lipinski definition) is 3. The summed E-state index contributed by atoms with van der Waals surface area (Å²) in [6, 6.07) is 0. The van der Waals surface area contributed by atoms with E-state index in [2.05, 4.69) is 10.1 Å². The van der Waals surface area contributed by atoms with Crippen LogP contribution in [0, 0.1) is 5.92 Å². The smallest absolute Gasteiger partial charge is 0.245 e. The van der Waals surface area contributed by atoms with Crippen molar-refractivity contribution in [1.29, 1.82) is 0 Å². The maximum absolute atomic E-state index is 11.0. The zero-order chi connectivity index (χ0) is 9.68. The third-order valence-electron chi connectivity index (χ3n) is 2.46. The molecule has 1 aliphatic carbocycles. The summed E-state index contributed by atoms with van der Waals surface area (Å²) >= 11 is 0. The summed E-state index contributed by atoms with van der Waals surface area (Å²) in [5.41, 5.74) is 0. The Morgan fingerprint density at radius 3 is 2.92 bits per heavy atom. The van der Waals surface area contributed by atoms with Crippen molar-refractivity contribution in [2.75, 3.05) is 20.3 Å². The van der Waals surface area contributed by atoms with Crippen LogP contribution < -0.4 is 5.32 Å². The van der Waals surface area contributed by atoms with E-state index in [0.717, 1.165) is 19.3 Å². The molecule has 0 spiro atoms. The van der Waals surface area contributed by atoms with E-state index in [0.29, 0.717) is 6.54 Å². The Balaban J connectivity index is 2.14. The van der Waals surface area contributed by atoms with Crippen molar-refractivity contribution in [3.05, 3.63) is 0 Å². The molecule has 2 atom stereocenters. The van der Waals surface area contributed by atoms with Crippen LogP contribution in [-0.2, 0) is 9.53 Å². The fourth-order valence-corrected chi connectivity index (χ4v) is 1.68. The number of carbonyl (C=O) groups is 1. The zero-order valence-corrected chi connectivity index (χ0v) is 7.95. The van der Waals surface area contributed by atoms with Crippen LogP contribution in [0.15, 0.2) is 0 Å². The maximum Gasteiger partial charge on any atom is 0.245 e. The molecule has 2 N–H and O–H groups in total. The Kier molecular flexibility index (Phi) is 4.18. The molecule has 2 unspecified atom stereocenters. The molecule has 1 aliphatic rings. The van der Waals surface area contributed by atoms with E-state index in [9.17, 15) is 9.90 Å². The van der Waals surface area contributed by atoms with Crippen LogP contribution >= 0.6 is 0 Å². The average Bonchev–Trinajstić information content (AvgIpc) is 2.48. The summed E-state index contributed by atoms with van der Waals surface area (Å²) in [7, 11) is 1.49. The summed E-state index contributed by atoms with van der Waals surface area (Å²) in [5, 5.41) is 12.2. The quantitative estimate of drug-likeness (QED) is 0.646. The van der Waals surface area contributed by atoms with Crippen LogP contribution in [0.1, 0.15) is 19.3 Å². The topological polar surface area (TPSA) is 58.6 Å². The van der Waals surface area contributed by atoms with Gasteiger partial charge in [0.2, 0.25) is 5.91 Å². The number of methoxy groups -OCH3 is 1. The molecule has 1 amide bonds. The molecular formula is C9H17NO3. The molecule has 1 fully saturated rings. The van der Waals surface area contributed by atoms with Gasteiger partial charge in [0.05, 0.1) is 6.10 Å². The molecule has 0 aromatic rings. The standard InChI is InChI=1S/C9H17NO3/c1-13-6-9(12)10-5-7-3-2-4-8(7)11/h7-8,11H,2-6H2,1H3,(H,10,12). The molecule has 0 heterocycles. The van der Waals surface area contributed by atoms with Gasteiger partial charge < -0.3 is 15.2 Å². The number of ether oxygens (including phenoxy) is 1. The molecule has 0 bridgehead atoms. The van der Waals surface area contributed by atoms with Crippen molar-refractivity contribution < 1.29 is 14.6 Å². The Morgan fingerprint density at radius 2 is 2.38 bits per heavy atom. The molecule has 4 heteroatoms. The Hall–Kier alpha value is -0.610. The maximum atomic E-state index is 11.0. The molecule has 0 radical (unpaired) electrons. The largest absolute Gasteiger partial charge is 0.393 e. The second-order valence-corrected chi connectivity index (χ2v) is 3.50. The molecule has 4 nitrogen and oxygen atoms in total. The third kappa shape index (κ3) is 3.32. The van der Waals surface area contributed by atoms with Crippen molar-refractivity contribution in [1.82, 2.24) is 5.32 Å². The van der Waals surface area contributed by atoms with Crippen LogP contribution in [-0.4, -0.2) is 37.4 Å². The fourth-order valence-electron chi connectivity index (χ4n) is 1.68. The minimum Gasteiger partial charge on any atom is -0.393 e. The van der Waals surface area contributed by atoms with E-state index in [1.807, 2.05) is 0 Å². The zero-order valence-electron chi connectivity index (χ0n) is 7.95. The van der Waals surface area contributed by atoms with Crippen LogP contribution in [0.2, 0.25) is 0 Å². The van der Waals surface area contributed by atoms with Crippen molar-refractivity contribution in [2.24, 2.45) is 5.92 Å². The lowest BCUT2D eigenvalue weighted by Crippen LogP contribution is -2.34. The van der Waals surface area contributed by atoms with E-state index in [1.54, 1.807) is 0 Å². The van der Waals surface area contributed by atoms with E-state index >= 15 is 0 Å². The molecule has 0 aromatic heterocycles. The molecule has 13 heavy (non-hydrogen) atoms. The Bertz CT molecular complexity index is 172. The minimum absolute atomic E-state index is 0.100. The number of rotatable bonds is 4. The van der Waals surface area contributed by atoms with Gasteiger partial charge in [0.25, 0.3) is 0 Å². The Morgan fingerprint density at radius 1 is 1.62 bits per heavy atom. The van der Waals surface area contributed by atoms with Crippen LogP contribution in [0.5, 0.6) is 0 Å². The molecular weight excluding hydrogens is 170 g/mol. The van der Waals surface area contributed by atoms with Crippen LogP contribution in [0.25, 0.3) is 0 Å². The van der Waals surface area contributed by atoms with Gasteiger partial charge in [-0.2, -0.15) is 0 Å². The van der Waals surface area contributed by atoms with Gasteiger partial charge in [-0.1, -0.05) is 6.42 Å². The number of aliphatic hydroxyl groups excluding tert-OH is 1. The lowest BCUT2D eigenvalue weighted by Gasteiger charge is -2.14. The highest BCUT2D eigenvalue weighted by molar-refractivity contribution is 5.77. The molecule has 0 aromatic carbocycles. The average molecular weight is 187 g/mol. The van der Waals surface area contributed by atoms with Crippen molar-refractivity contribution >= 4 is 5.91 Å². The molecule has 0 aliphatic heterocycles. The predicted molar refractivity (Wildman–Crippen MR) is 48.2 cm³/mol. The SMILES string of the molecule is COCC(=O)NCC1CCCC1O. The number of amides is 1. The van der Waals surface area contributed by atoms with Gasteiger partial charge in [0.1, 0.15) is 6.61 Å². The van der Waals surface area contributed by atoms with Crippen molar-refractivity contribution in [3.8, 4) is 0 Å². The highest BCUT2D eigenvalue weighted by Crippen LogP contribution is 2.24. The van der Waals surface area contributed by atoms with Gasteiger partial charge in [-0.15, -0.1) is 0 Å². The van der Waals surface area contributed by atoms with Crippen LogP contribution in [0.4, 0.5) is 0 Å². The first-order chi connectivity index (χ1) is 6.24. The first-order valence-corrected chi connectivity index (χ1v) is 4.67. The highest BCUT2D eigenvalue weighted by atomic mass is 16.5. The highest BCUT2D eigenvalue weighted by Gasteiger charge is 2.25. The van der Waals surface area contributed by atoms with Gasteiger partial charge in [0, 0.05) is 19.6 Å². The lowest BCUT2D eigenvalue weighted by atomic mass is 10.1. The summed E-state index contributed by atoms with van der Waals surface area (Å²) in [4.78, 5) is 11.0. The van der Waals surface area contributed by atoms with E-state index in [-0.39, 0.29) is 24.5 Å². The van der Waals surface area contributed by atoms with Gasteiger partial charge in [-0.3, -0.25) is 4.79 Å². The summed E-state index contributed by atoms with van der Waals surface area (Å²) in [6.07, 6.45) is 2.70. The monoisotopic (exact) mass is 187 g/mol. The minimum atomic E-state index is -0.233. The predicted octanol–water partition coefficient (Wildman–Crippen LogP) is -0.0900. The van der Waals surface area contributed by atoms with E-state index in [1.165, 1.54) is 7.11 Å². The van der Waals surface area contributed by atoms with Crippen molar-refractivity contribution in [3.63, 3.8) is 0 Å².